The molecule has 0 unspecified atom stereocenters. The predicted octanol–water partition coefficient (Wildman–Crippen LogP) is -1.06. The number of amides is 1. The molecule has 0 saturated heterocycles. The van der Waals surface area contributed by atoms with Gasteiger partial charge in [-0.1, -0.05) is 18.2 Å². The quantitative estimate of drug-likeness (QED) is 0.392. The Kier molecular flexibility index (Phi) is 5.56. The molecule has 1 aliphatic rings. The van der Waals surface area contributed by atoms with E-state index >= 15 is 0 Å². The first-order chi connectivity index (χ1) is 11.2. The van der Waals surface area contributed by atoms with Crippen LogP contribution in [0.4, 0.5) is 5.69 Å². The smallest absolute Gasteiger partial charge is 0.744 e. The van der Waals surface area contributed by atoms with Crippen LogP contribution in [-0.2, 0) is 21.5 Å². The van der Waals surface area contributed by atoms with Crippen LogP contribution in [0.2, 0.25) is 0 Å². The minimum atomic E-state index is -4.69. The molecule has 0 bridgehead atoms. The number of fused-ring (bicyclic) bond motifs is 1. The second-order valence-corrected chi connectivity index (χ2v) is 7.10. The number of anilines is 1. The Morgan fingerprint density at radius 2 is 1.64 bits per heavy atom. The van der Waals surface area contributed by atoms with Crippen molar-refractivity contribution in [2.45, 2.75) is 25.3 Å². The van der Waals surface area contributed by atoms with Gasteiger partial charge in [0, 0.05) is 0 Å². The van der Waals surface area contributed by atoms with E-state index in [1.54, 1.807) is 0 Å². The molecule has 0 spiro atoms. The Hall–Kier alpha value is -1.51. The first-order valence-electron chi connectivity index (χ1n) is 7.21. The van der Waals surface area contributed by atoms with Gasteiger partial charge in [-0.05, 0) is 48.7 Å². The predicted molar refractivity (Wildman–Crippen MR) is 85.8 cm³/mol. The van der Waals surface area contributed by atoms with Gasteiger partial charge in [0.05, 0.1) is 22.7 Å². The van der Waals surface area contributed by atoms with Crippen molar-refractivity contribution < 1.29 is 52.1 Å². The summed E-state index contributed by atoms with van der Waals surface area (Å²) in [7, 11) is -4.69. The van der Waals surface area contributed by atoms with Gasteiger partial charge in [-0.3, -0.25) is 9.59 Å². The molecule has 8 heteroatoms. The van der Waals surface area contributed by atoms with Crippen molar-refractivity contribution >= 4 is 27.5 Å². The Balaban J connectivity index is 0.00000225. The van der Waals surface area contributed by atoms with E-state index in [9.17, 15) is 22.6 Å². The van der Waals surface area contributed by atoms with Crippen LogP contribution in [0, 0.1) is 13.8 Å². The maximum absolute atomic E-state index is 12.3. The van der Waals surface area contributed by atoms with Gasteiger partial charge in [-0.2, -0.15) is 0 Å². The zero-order chi connectivity index (χ0) is 17.6. The van der Waals surface area contributed by atoms with Gasteiger partial charge in [-0.15, -0.1) is 0 Å². The van der Waals surface area contributed by atoms with Crippen molar-refractivity contribution in [2.75, 3.05) is 4.90 Å². The van der Waals surface area contributed by atoms with E-state index in [0.717, 1.165) is 28.8 Å². The standard InChI is InChI=1S/C17H15NO5S.Na/c1-10-4-3-5-11(2)14(10)9-18-15-7-6-12(24(21,22)23)8-13(15)16(19)17(18)20;/h3-8H,9H2,1-2H3,(H,21,22,23);/q;+1/p-1. The monoisotopic (exact) mass is 367 g/mol. The average molecular weight is 367 g/mol. The van der Waals surface area contributed by atoms with Crippen LogP contribution in [0.1, 0.15) is 27.0 Å². The molecule has 0 aliphatic carbocycles. The third-order valence-corrected chi connectivity index (χ3v) is 5.02. The van der Waals surface area contributed by atoms with Crippen LogP contribution in [0.3, 0.4) is 0 Å². The van der Waals surface area contributed by atoms with Crippen molar-refractivity contribution in [1.29, 1.82) is 0 Å². The summed E-state index contributed by atoms with van der Waals surface area (Å²) in [4.78, 5) is 25.3. The van der Waals surface area contributed by atoms with Gasteiger partial charge >= 0.3 is 29.6 Å². The summed E-state index contributed by atoms with van der Waals surface area (Å²) in [5.74, 6) is -1.53. The molecule has 1 amide bonds. The average Bonchev–Trinajstić information content (AvgIpc) is 2.74. The third-order valence-electron chi connectivity index (χ3n) is 4.19. The Labute approximate surface area is 167 Å². The van der Waals surface area contributed by atoms with E-state index in [0.29, 0.717) is 5.69 Å². The van der Waals surface area contributed by atoms with Gasteiger partial charge in [0.2, 0.25) is 0 Å². The molecule has 0 atom stereocenters. The molecule has 3 rings (SSSR count). The second-order valence-electron chi connectivity index (χ2n) is 5.72. The molecule has 2 aromatic rings. The number of hydrogen-bond acceptors (Lipinski definition) is 5. The van der Waals surface area contributed by atoms with Gasteiger partial charge < -0.3 is 9.45 Å². The number of rotatable bonds is 3. The SMILES string of the molecule is Cc1cccc(C)c1CN1C(=O)C(=O)c2cc(S(=O)(=O)[O-])ccc21.[Na+]. The molecular formula is C17H14NNaO5S. The van der Waals surface area contributed by atoms with E-state index in [4.69, 9.17) is 0 Å². The summed E-state index contributed by atoms with van der Waals surface area (Å²) in [5.41, 5.74) is 3.17. The number of carbonyl (C=O) groups is 2. The molecule has 124 valence electrons. The molecule has 2 aromatic carbocycles. The number of carbonyl (C=O) groups excluding carboxylic acids is 2. The zero-order valence-corrected chi connectivity index (χ0v) is 16.9. The molecule has 0 N–H and O–H groups in total. The molecule has 0 saturated carbocycles. The molecule has 1 heterocycles. The normalized spacial score (nSPS) is 13.6. The fourth-order valence-corrected chi connectivity index (χ4v) is 3.35. The Morgan fingerprint density at radius 1 is 1.04 bits per heavy atom. The van der Waals surface area contributed by atoms with Crippen LogP contribution in [0.15, 0.2) is 41.3 Å². The first-order valence-corrected chi connectivity index (χ1v) is 8.62. The third kappa shape index (κ3) is 3.56. The van der Waals surface area contributed by atoms with Gasteiger partial charge in [0.25, 0.3) is 11.7 Å². The van der Waals surface area contributed by atoms with Gasteiger partial charge in [0.15, 0.2) is 0 Å². The van der Waals surface area contributed by atoms with Crippen LogP contribution >= 0.6 is 0 Å². The van der Waals surface area contributed by atoms with E-state index in [2.05, 4.69) is 0 Å². The Bertz CT molecular complexity index is 964. The van der Waals surface area contributed by atoms with Gasteiger partial charge in [-0.25, -0.2) is 8.42 Å². The van der Waals surface area contributed by atoms with Crippen LogP contribution in [-0.4, -0.2) is 24.7 Å². The number of nitrogens with zero attached hydrogens (tertiary/aromatic N) is 1. The zero-order valence-electron chi connectivity index (χ0n) is 14.1. The molecule has 6 nitrogen and oxygen atoms in total. The molecule has 0 aromatic heterocycles. The maximum atomic E-state index is 12.3. The minimum absolute atomic E-state index is 0. The number of benzene rings is 2. The van der Waals surface area contributed by atoms with Crippen LogP contribution < -0.4 is 34.5 Å². The van der Waals surface area contributed by atoms with E-state index < -0.39 is 26.7 Å². The number of Topliss-reactive ketones (excluding diaryl/α,β-unsaturated/α-hetero) is 1. The number of ketones is 1. The topological polar surface area (TPSA) is 94.6 Å². The summed E-state index contributed by atoms with van der Waals surface area (Å²) >= 11 is 0. The second kappa shape index (κ2) is 7.01. The molecule has 25 heavy (non-hydrogen) atoms. The summed E-state index contributed by atoms with van der Waals surface area (Å²) in [5, 5.41) is 0. The van der Waals surface area contributed by atoms with Crippen molar-refractivity contribution in [3.63, 3.8) is 0 Å². The summed E-state index contributed by atoms with van der Waals surface area (Å²) in [6.45, 7) is 4.04. The van der Waals surface area contributed by atoms with E-state index in [-0.39, 0.29) is 41.7 Å². The fourth-order valence-electron chi connectivity index (χ4n) is 2.85. The largest absolute Gasteiger partial charge is 1.00 e. The summed E-state index contributed by atoms with van der Waals surface area (Å²) < 4.78 is 33.4. The molecule has 1 aliphatic heterocycles. The van der Waals surface area contributed by atoms with E-state index in [1.165, 1.54) is 11.0 Å². The van der Waals surface area contributed by atoms with Crippen molar-refractivity contribution in [3.8, 4) is 0 Å². The van der Waals surface area contributed by atoms with E-state index in [1.807, 2.05) is 32.0 Å². The molecule has 0 fully saturated rings. The number of hydrogen-bond donors (Lipinski definition) is 0. The summed E-state index contributed by atoms with van der Waals surface area (Å²) in [6, 6.07) is 9.16. The summed E-state index contributed by atoms with van der Waals surface area (Å²) in [6.07, 6.45) is 0. The first kappa shape index (κ1) is 19.8. The van der Waals surface area contributed by atoms with Crippen LogP contribution in [0.5, 0.6) is 0 Å². The van der Waals surface area contributed by atoms with Crippen molar-refractivity contribution in [1.82, 2.24) is 0 Å². The maximum Gasteiger partial charge on any atom is 1.00 e. The Morgan fingerprint density at radius 3 is 2.20 bits per heavy atom. The van der Waals surface area contributed by atoms with Crippen molar-refractivity contribution in [2.24, 2.45) is 0 Å². The molecule has 0 radical (unpaired) electrons. The fraction of sp³-hybridized carbons (Fsp3) is 0.176. The van der Waals surface area contributed by atoms with Crippen molar-refractivity contribution in [3.05, 3.63) is 58.7 Å². The number of aryl methyl sites for hydroxylation is 2. The van der Waals surface area contributed by atoms with Crippen LogP contribution in [0.25, 0.3) is 0 Å². The molecular weight excluding hydrogens is 353 g/mol. The minimum Gasteiger partial charge on any atom is -0.744 e. The van der Waals surface area contributed by atoms with Gasteiger partial charge in [0.1, 0.15) is 10.1 Å².